The molecule has 0 amide bonds. The maximum absolute atomic E-state index is 14.4. The average molecular weight is 639 g/mol. The SMILES string of the molecule is CC[C@@H]1C[C@H]2[C@@H]3CCC4=CC(=O)C=C[C@]4(C)C3=CC[C@]2(C)[C@H]1C(=O)CN1CCN(c2cc(N3CCCC3)nc(N3CCCC3)n2)CC1. The third-order valence-corrected chi connectivity index (χ3v) is 13.6. The van der Waals surface area contributed by atoms with Gasteiger partial charge in [0.25, 0.3) is 0 Å². The molecule has 8 heteroatoms. The first kappa shape index (κ1) is 31.3. The van der Waals surface area contributed by atoms with Crippen molar-refractivity contribution in [2.75, 3.05) is 73.6 Å². The van der Waals surface area contributed by atoms with E-state index >= 15 is 0 Å². The Labute approximate surface area is 281 Å². The van der Waals surface area contributed by atoms with Gasteiger partial charge in [-0.1, -0.05) is 43.6 Å². The van der Waals surface area contributed by atoms with Crippen molar-refractivity contribution in [2.24, 2.45) is 34.5 Å². The fourth-order valence-corrected chi connectivity index (χ4v) is 10.9. The molecule has 3 saturated heterocycles. The Kier molecular flexibility index (Phi) is 8.09. The van der Waals surface area contributed by atoms with Crippen molar-refractivity contribution in [3.63, 3.8) is 0 Å². The molecule has 0 bridgehead atoms. The Morgan fingerprint density at radius 2 is 1.57 bits per heavy atom. The molecule has 1 aromatic rings. The van der Waals surface area contributed by atoms with E-state index in [0.29, 0.717) is 30.1 Å². The summed E-state index contributed by atoms with van der Waals surface area (Å²) in [4.78, 5) is 46.4. The van der Waals surface area contributed by atoms with Gasteiger partial charge in [0, 0.05) is 69.8 Å². The molecule has 4 heterocycles. The first-order valence-electron chi connectivity index (χ1n) is 18.8. The Morgan fingerprint density at radius 1 is 0.915 bits per heavy atom. The van der Waals surface area contributed by atoms with Crippen molar-refractivity contribution < 1.29 is 9.59 Å². The van der Waals surface area contributed by atoms with E-state index in [0.717, 1.165) is 102 Å². The van der Waals surface area contributed by atoms with Crippen LogP contribution in [0.15, 0.2) is 41.5 Å². The molecule has 0 aromatic carbocycles. The number of allylic oxidation sites excluding steroid dienone is 6. The lowest BCUT2D eigenvalue weighted by Gasteiger charge is -2.52. The molecule has 8 nitrogen and oxygen atoms in total. The van der Waals surface area contributed by atoms with Gasteiger partial charge < -0.3 is 14.7 Å². The molecule has 0 unspecified atom stereocenters. The minimum absolute atomic E-state index is 0.0123. The van der Waals surface area contributed by atoms with Gasteiger partial charge in [-0.05, 0) is 93.6 Å². The van der Waals surface area contributed by atoms with Gasteiger partial charge >= 0.3 is 0 Å². The molecule has 7 aliphatic rings. The Balaban J connectivity index is 0.960. The predicted octanol–water partition coefficient (Wildman–Crippen LogP) is 5.85. The molecule has 8 rings (SSSR count). The lowest BCUT2D eigenvalue weighted by molar-refractivity contribution is -0.129. The number of aromatic nitrogens is 2. The van der Waals surface area contributed by atoms with Crippen LogP contribution in [0.4, 0.5) is 17.6 Å². The molecule has 47 heavy (non-hydrogen) atoms. The highest BCUT2D eigenvalue weighted by Gasteiger charge is 2.59. The summed E-state index contributed by atoms with van der Waals surface area (Å²) in [6.07, 6.45) is 18.5. The topological polar surface area (TPSA) is 72.9 Å². The number of carbonyl (C=O) groups is 2. The Hall–Kier alpha value is -3.00. The van der Waals surface area contributed by atoms with Gasteiger partial charge in [-0.15, -0.1) is 0 Å². The van der Waals surface area contributed by atoms with Crippen LogP contribution in [0.2, 0.25) is 0 Å². The summed E-state index contributed by atoms with van der Waals surface area (Å²) in [6.45, 7) is 15.5. The summed E-state index contributed by atoms with van der Waals surface area (Å²) in [5, 5.41) is 0. The molecular weight excluding hydrogens is 584 g/mol. The fraction of sp³-hybridized carbons (Fsp3) is 0.692. The van der Waals surface area contributed by atoms with Crippen LogP contribution >= 0.6 is 0 Å². The van der Waals surface area contributed by atoms with Crippen LogP contribution in [-0.4, -0.2) is 85.3 Å². The van der Waals surface area contributed by atoms with Gasteiger partial charge in [-0.2, -0.15) is 9.97 Å². The van der Waals surface area contributed by atoms with Crippen LogP contribution in [0.5, 0.6) is 0 Å². The number of nitrogens with zero attached hydrogens (tertiary/aromatic N) is 6. The molecule has 252 valence electrons. The molecule has 1 aromatic heterocycles. The lowest BCUT2D eigenvalue weighted by atomic mass is 9.52. The van der Waals surface area contributed by atoms with Crippen LogP contribution in [0.25, 0.3) is 0 Å². The predicted molar refractivity (Wildman–Crippen MR) is 188 cm³/mol. The summed E-state index contributed by atoms with van der Waals surface area (Å²) in [5.74, 6) is 5.24. The number of fused-ring (bicyclic) bond motifs is 5. The van der Waals surface area contributed by atoms with E-state index in [1.54, 1.807) is 6.08 Å². The number of ketones is 2. The molecule has 4 aliphatic carbocycles. The molecule has 0 N–H and O–H groups in total. The summed E-state index contributed by atoms with van der Waals surface area (Å²) in [6, 6.07) is 2.22. The largest absolute Gasteiger partial charge is 0.356 e. The standard InChI is InChI=1S/C39H54N6O2/c1-4-27-23-32-30-10-9-28-24-29(46)11-13-38(28,2)31(30)12-14-39(32,3)36(27)33(47)26-42-19-21-44(22-20-42)35-25-34(43-15-5-6-16-43)40-37(41-35)45-17-7-8-18-45/h11-13,24-25,27,30,32,36H,4-10,14-23,26H2,1-3H3/t27-,30-,32+,36-,38+,39+/m1/s1. The van der Waals surface area contributed by atoms with Crippen molar-refractivity contribution in [3.8, 4) is 0 Å². The summed E-state index contributed by atoms with van der Waals surface area (Å²) < 4.78 is 0. The third-order valence-electron chi connectivity index (χ3n) is 13.6. The van der Waals surface area contributed by atoms with Crippen molar-refractivity contribution >= 4 is 29.2 Å². The number of piperazine rings is 1. The summed E-state index contributed by atoms with van der Waals surface area (Å²) >= 11 is 0. The summed E-state index contributed by atoms with van der Waals surface area (Å²) in [5.41, 5.74) is 2.69. The van der Waals surface area contributed by atoms with E-state index in [1.165, 1.54) is 36.8 Å². The number of carbonyl (C=O) groups excluding carboxylic acids is 2. The van der Waals surface area contributed by atoms with E-state index in [4.69, 9.17) is 9.97 Å². The maximum Gasteiger partial charge on any atom is 0.229 e. The molecular formula is C39H54N6O2. The molecule has 5 fully saturated rings. The van der Waals surface area contributed by atoms with Crippen molar-refractivity contribution in [1.29, 1.82) is 0 Å². The van der Waals surface area contributed by atoms with Gasteiger partial charge in [-0.3, -0.25) is 14.5 Å². The first-order valence-corrected chi connectivity index (χ1v) is 18.8. The number of hydrogen-bond donors (Lipinski definition) is 0. The zero-order valence-electron chi connectivity index (χ0n) is 28.9. The van der Waals surface area contributed by atoms with Crippen LogP contribution in [0.3, 0.4) is 0 Å². The van der Waals surface area contributed by atoms with Gasteiger partial charge in [0.15, 0.2) is 11.6 Å². The first-order chi connectivity index (χ1) is 22.8. The smallest absolute Gasteiger partial charge is 0.229 e. The van der Waals surface area contributed by atoms with Crippen LogP contribution in [0, 0.1) is 34.5 Å². The minimum atomic E-state index is -0.129. The minimum Gasteiger partial charge on any atom is -0.356 e. The lowest BCUT2D eigenvalue weighted by Crippen LogP contribution is -2.51. The second-order valence-corrected chi connectivity index (χ2v) is 16.1. The second-order valence-electron chi connectivity index (χ2n) is 16.1. The molecule has 0 radical (unpaired) electrons. The monoisotopic (exact) mass is 638 g/mol. The summed E-state index contributed by atoms with van der Waals surface area (Å²) in [7, 11) is 0. The van der Waals surface area contributed by atoms with Crippen LogP contribution in [0.1, 0.15) is 78.6 Å². The third kappa shape index (κ3) is 5.37. The highest BCUT2D eigenvalue weighted by molar-refractivity contribution is 6.01. The van der Waals surface area contributed by atoms with Gasteiger partial charge in [-0.25, -0.2) is 0 Å². The number of Topliss-reactive ketones (excluding diaryl/α,β-unsaturated/α-hetero) is 1. The second kappa shape index (κ2) is 12.2. The average Bonchev–Trinajstić information content (AvgIpc) is 3.86. The number of hydrogen-bond acceptors (Lipinski definition) is 8. The molecule has 3 aliphatic heterocycles. The van der Waals surface area contributed by atoms with Crippen molar-refractivity contribution in [3.05, 3.63) is 41.5 Å². The van der Waals surface area contributed by atoms with E-state index in [2.05, 4.69) is 58.6 Å². The Bertz CT molecular complexity index is 1460. The van der Waals surface area contributed by atoms with Gasteiger partial charge in [0.1, 0.15) is 11.6 Å². The van der Waals surface area contributed by atoms with Crippen LogP contribution < -0.4 is 14.7 Å². The van der Waals surface area contributed by atoms with E-state index < -0.39 is 0 Å². The zero-order valence-corrected chi connectivity index (χ0v) is 28.9. The van der Waals surface area contributed by atoms with E-state index in [-0.39, 0.29) is 22.5 Å². The van der Waals surface area contributed by atoms with Gasteiger partial charge in [0.2, 0.25) is 5.95 Å². The molecule has 0 spiro atoms. The van der Waals surface area contributed by atoms with Crippen LogP contribution in [-0.2, 0) is 9.59 Å². The van der Waals surface area contributed by atoms with E-state index in [9.17, 15) is 9.59 Å². The van der Waals surface area contributed by atoms with E-state index in [1.807, 2.05) is 6.08 Å². The Morgan fingerprint density at radius 3 is 2.26 bits per heavy atom. The quantitative estimate of drug-likeness (QED) is 0.345. The highest BCUT2D eigenvalue weighted by atomic mass is 16.1. The van der Waals surface area contributed by atoms with Crippen molar-refractivity contribution in [1.82, 2.24) is 14.9 Å². The molecule has 2 saturated carbocycles. The number of rotatable bonds is 7. The van der Waals surface area contributed by atoms with Gasteiger partial charge in [0.05, 0.1) is 6.54 Å². The highest BCUT2D eigenvalue weighted by Crippen LogP contribution is 2.65. The normalized spacial score (nSPS) is 35.5. The molecule has 6 atom stereocenters. The number of anilines is 3. The van der Waals surface area contributed by atoms with Crippen molar-refractivity contribution in [2.45, 2.75) is 78.6 Å². The maximum atomic E-state index is 14.4. The fourth-order valence-electron chi connectivity index (χ4n) is 10.9. The zero-order chi connectivity index (χ0) is 32.3.